The van der Waals surface area contributed by atoms with E-state index < -0.39 is 0 Å². The first-order valence-electron chi connectivity index (χ1n) is 10.2. The van der Waals surface area contributed by atoms with Crippen molar-refractivity contribution in [3.63, 3.8) is 0 Å². The minimum atomic E-state index is 0.0180. The van der Waals surface area contributed by atoms with Gasteiger partial charge in [-0.25, -0.2) is 9.97 Å². The third kappa shape index (κ3) is 4.21. The zero-order valence-corrected chi connectivity index (χ0v) is 18.4. The maximum atomic E-state index is 6.32. The van der Waals surface area contributed by atoms with E-state index in [0.29, 0.717) is 6.61 Å². The molecule has 3 heterocycles. The highest BCUT2D eigenvalue weighted by Gasteiger charge is 2.26. The van der Waals surface area contributed by atoms with E-state index >= 15 is 0 Å². The van der Waals surface area contributed by atoms with Crippen molar-refractivity contribution in [3.8, 4) is 11.5 Å². The average Bonchev–Trinajstić information content (AvgIpc) is 2.74. The highest BCUT2D eigenvalue weighted by Crippen LogP contribution is 2.37. The molecule has 7 nitrogen and oxygen atoms in total. The number of piperazine rings is 1. The highest BCUT2D eigenvalue weighted by atomic mass is 79.9. The smallest absolute Gasteiger partial charge is 0.163 e. The molecule has 8 heteroatoms. The number of benzene rings is 2. The Labute approximate surface area is 184 Å². The van der Waals surface area contributed by atoms with Crippen LogP contribution in [0.5, 0.6) is 11.5 Å². The third-order valence-corrected chi connectivity index (χ3v) is 6.06. The molecule has 1 fully saturated rings. The topological polar surface area (TPSA) is 62.8 Å². The summed E-state index contributed by atoms with van der Waals surface area (Å²) >= 11 is 3.51. The minimum Gasteiger partial charge on any atom is -0.486 e. The van der Waals surface area contributed by atoms with E-state index in [9.17, 15) is 0 Å². The molecule has 0 bridgehead atoms. The number of halogens is 1. The van der Waals surface area contributed by atoms with Crippen LogP contribution >= 0.6 is 15.9 Å². The maximum absolute atomic E-state index is 6.32. The van der Waals surface area contributed by atoms with Crippen LogP contribution in [-0.4, -0.2) is 72.3 Å². The Bertz CT molecular complexity index is 1050. The van der Waals surface area contributed by atoms with Crippen LogP contribution in [0.3, 0.4) is 0 Å². The Kier molecular flexibility index (Phi) is 5.45. The number of nitrogens with zero attached hydrogens (tertiary/aromatic N) is 4. The molecule has 30 heavy (non-hydrogen) atoms. The summed E-state index contributed by atoms with van der Waals surface area (Å²) in [4.78, 5) is 13.7. The van der Waals surface area contributed by atoms with Crippen LogP contribution in [0.25, 0.3) is 10.9 Å². The molecular formula is C22H24BrN5O2. The van der Waals surface area contributed by atoms with Gasteiger partial charge in [-0.15, -0.1) is 0 Å². The molecule has 156 valence electrons. The van der Waals surface area contributed by atoms with Gasteiger partial charge >= 0.3 is 0 Å². The summed E-state index contributed by atoms with van der Waals surface area (Å²) in [6, 6.07) is 11.9. The lowest BCUT2D eigenvalue weighted by Gasteiger charge is -2.36. The largest absolute Gasteiger partial charge is 0.486 e. The van der Waals surface area contributed by atoms with Gasteiger partial charge in [-0.3, -0.25) is 4.90 Å². The van der Waals surface area contributed by atoms with Crippen LogP contribution in [0.15, 0.2) is 47.2 Å². The normalized spacial score (nSPS) is 19.7. The van der Waals surface area contributed by atoms with Crippen LogP contribution in [0.4, 0.5) is 11.5 Å². The van der Waals surface area contributed by atoms with Crippen molar-refractivity contribution in [2.45, 2.75) is 6.10 Å². The van der Waals surface area contributed by atoms with Crippen molar-refractivity contribution in [1.29, 1.82) is 0 Å². The molecule has 0 saturated carbocycles. The fraction of sp³-hybridized carbons (Fsp3) is 0.364. The lowest BCUT2D eigenvalue weighted by atomic mass is 10.1. The number of anilines is 2. The molecule has 0 radical (unpaired) electrons. The molecule has 1 saturated heterocycles. The summed E-state index contributed by atoms with van der Waals surface area (Å²) in [5.41, 5.74) is 1.77. The van der Waals surface area contributed by atoms with Crippen LogP contribution in [0.1, 0.15) is 0 Å². The first-order chi connectivity index (χ1) is 14.6. The zero-order chi connectivity index (χ0) is 20.5. The summed E-state index contributed by atoms with van der Waals surface area (Å²) in [5, 5.41) is 4.29. The third-order valence-electron chi connectivity index (χ3n) is 5.56. The fourth-order valence-corrected chi connectivity index (χ4v) is 4.28. The Morgan fingerprint density at radius 3 is 2.80 bits per heavy atom. The van der Waals surface area contributed by atoms with Gasteiger partial charge in [0.15, 0.2) is 11.5 Å². The van der Waals surface area contributed by atoms with Gasteiger partial charge < -0.3 is 19.7 Å². The summed E-state index contributed by atoms with van der Waals surface area (Å²) in [6.07, 6.45) is 1.58. The second kappa shape index (κ2) is 8.37. The molecule has 3 aromatic rings. The van der Waals surface area contributed by atoms with Crippen molar-refractivity contribution in [2.24, 2.45) is 0 Å². The van der Waals surface area contributed by atoms with Gasteiger partial charge in [-0.2, -0.15) is 0 Å². The molecule has 0 spiro atoms. The Hall–Kier alpha value is -2.42. The van der Waals surface area contributed by atoms with Gasteiger partial charge in [-0.05, 0) is 31.3 Å². The first kappa shape index (κ1) is 19.5. The molecule has 2 aromatic carbocycles. The monoisotopic (exact) mass is 469 g/mol. The number of fused-ring (bicyclic) bond motifs is 2. The van der Waals surface area contributed by atoms with E-state index in [2.05, 4.69) is 48.1 Å². The van der Waals surface area contributed by atoms with E-state index in [1.54, 1.807) is 6.33 Å². The summed E-state index contributed by atoms with van der Waals surface area (Å²) in [6.45, 7) is 5.75. The van der Waals surface area contributed by atoms with Crippen molar-refractivity contribution in [3.05, 3.63) is 47.2 Å². The van der Waals surface area contributed by atoms with Crippen molar-refractivity contribution >= 4 is 38.3 Å². The number of aromatic nitrogens is 2. The van der Waals surface area contributed by atoms with Crippen molar-refractivity contribution < 1.29 is 9.47 Å². The standard InChI is InChI=1S/C22H24BrN5O2/c1-27-5-7-28(8-6-27)12-17-13-29-20-11-19-18(10-21(20)30-17)22(25-14-24-19)26-16-4-2-3-15(23)9-16/h2-4,9-11,14,17H,5-8,12-13H2,1H3,(H,24,25,26). The molecule has 2 aliphatic rings. The highest BCUT2D eigenvalue weighted by molar-refractivity contribution is 9.10. The Morgan fingerprint density at radius 1 is 1.10 bits per heavy atom. The summed E-state index contributed by atoms with van der Waals surface area (Å²) in [5.74, 6) is 2.23. The van der Waals surface area contributed by atoms with E-state index in [1.165, 1.54) is 0 Å². The van der Waals surface area contributed by atoms with E-state index in [0.717, 1.165) is 71.1 Å². The second-order valence-corrected chi connectivity index (χ2v) is 8.74. The maximum Gasteiger partial charge on any atom is 0.163 e. The fourth-order valence-electron chi connectivity index (χ4n) is 3.88. The van der Waals surface area contributed by atoms with Crippen LogP contribution in [0, 0.1) is 0 Å². The number of likely N-dealkylation sites (N-methyl/N-ethyl adjacent to an activating group) is 1. The molecule has 1 N–H and O–H groups in total. The van der Waals surface area contributed by atoms with Crippen LogP contribution < -0.4 is 14.8 Å². The molecule has 0 aliphatic carbocycles. The summed E-state index contributed by atoms with van der Waals surface area (Å²) < 4.78 is 13.4. The van der Waals surface area contributed by atoms with Gasteiger partial charge in [0.2, 0.25) is 0 Å². The van der Waals surface area contributed by atoms with Crippen molar-refractivity contribution in [1.82, 2.24) is 19.8 Å². The van der Waals surface area contributed by atoms with Crippen LogP contribution in [-0.2, 0) is 0 Å². The molecule has 0 amide bonds. The van der Waals surface area contributed by atoms with Gasteiger partial charge in [0, 0.05) is 54.3 Å². The number of hydrogen-bond acceptors (Lipinski definition) is 7. The second-order valence-electron chi connectivity index (χ2n) is 7.83. The quantitative estimate of drug-likeness (QED) is 0.626. The molecular weight excluding hydrogens is 446 g/mol. The van der Waals surface area contributed by atoms with E-state index in [4.69, 9.17) is 9.47 Å². The Morgan fingerprint density at radius 2 is 1.97 bits per heavy atom. The van der Waals surface area contributed by atoms with Gasteiger partial charge in [0.05, 0.1) is 5.52 Å². The Balaban J connectivity index is 1.38. The molecule has 1 atom stereocenters. The average molecular weight is 470 g/mol. The molecule has 1 unspecified atom stereocenters. The lowest BCUT2D eigenvalue weighted by molar-refractivity contribution is 0.0442. The summed E-state index contributed by atoms with van der Waals surface area (Å²) in [7, 11) is 2.17. The molecule has 5 rings (SSSR count). The van der Waals surface area contributed by atoms with Gasteiger partial charge in [0.1, 0.15) is 24.9 Å². The molecule has 2 aliphatic heterocycles. The first-order valence-corrected chi connectivity index (χ1v) is 10.9. The van der Waals surface area contributed by atoms with Gasteiger partial charge in [-0.1, -0.05) is 22.0 Å². The van der Waals surface area contributed by atoms with Crippen molar-refractivity contribution in [2.75, 3.05) is 51.7 Å². The SMILES string of the molecule is CN1CCN(CC2COc3cc4ncnc(Nc5cccc(Br)c5)c4cc3O2)CC1. The lowest BCUT2D eigenvalue weighted by Crippen LogP contribution is -2.49. The predicted molar refractivity (Wildman–Crippen MR) is 121 cm³/mol. The predicted octanol–water partition coefficient (Wildman–Crippen LogP) is 3.52. The van der Waals surface area contributed by atoms with Crippen LogP contribution in [0.2, 0.25) is 0 Å². The van der Waals surface area contributed by atoms with Gasteiger partial charge in [0.25, 0.3) is 0 Å². The zero-order valence-electron chi connectivity index (χ0n) is 16.8. The van der Waals surface area contributed by atoms with E-state index in [-0.39, 0.29) is 6.10 Å². The molecule has 1 aromatic heterocycles. The van der Waals surface area contributed by atoms with E-state index in [1.807, 2.05) is 36.4 Å². The number of rotatable bonds is 4. The number of nitrogens with one attached hydrogen (secondary N) is 1. The number of ether oxygens (including phenoxy) is 2. The number of hydrogen-bond donors (Lipinski definition) is 1. The minimum absolute atomic E-state index is 0.0180.